The highest BCUT2D eigenvalue weighted by Crippen LogP contribution is 2.06. The lowest BCUT2D eigenvalue weighted by atomic mass is 10.0. The summed E-state index contributed by atoms with van der Waals surface area (Å²) in [6, 6.07) is -2.74. The van der Waals surface area contributed by atoms with Crippen LogP contribution in [0.15, 0.2) is 0 Å². The molecule has 0 spiro atoms. The van der Waals surface area contributed by atoms with Gasteiger partial charge in [-0.3, -0.25) is 19.8 Å². The van der Waals surface area contributed by atoms with Gasteiger partial charge in [-0.25, -0.2) is 4.79 Å². The first-order valence-electron chi connectivity index (χ1n) is 10.1. The lowest BCUT2D eigenvalue weighted by molar-refractivity contribution is -0.142. The maximum atomic E-state index is 12.6. The predicted octanol–water partition coefficient (Wildman–Crippen LogP) is -3.20. The number of carboxylic acid groups (broad SMARTS) is 1. The average Bonchev–Trinajstić information content (AvgIpc) is 3.12. The van der Waals surface area contributed by atoms with E-state index < -0.39 is 47.9 Å². The number of hydrogen-bond acceptors (Lipinski definition) is 7. The Morgan fingerprint density at radius 3 is 2.39 bits per heavy atom. The van der Waals surface area contributed by atoms with Crippen LogP contribution in [0.5, 0.6) is 0 Å². The summed E-state index contributed by atoms with van der Waals surface area (Å²) >= 11 is 0. The van der Waals surface area contributed by atoms with Gasteiger partial charge in [0.15, 0.2) is 5.96 Å². The van der Waals surface area contributed by atoms with E-state index in [0.29, 0.717) is 13.0 Å². The summed E-state index contributed by atoms with van der Waals surface area (Å²) in [7, 11) is 0. The molecule has 1 aliphatic heterocycles. The summed E-state index contributed by atoms with van der Waals surface area (Å²) in [5, 5.41) is 38.6. The van der Waals surface area contributed by atoms with E-state index >= 15 is 0 Å². The van der Waals surface area contributed by atoms with Crippen molar-refractivity contribution in [1.29, 1.82) is 5.41 Å². The van der Waals surface area contributed by atoms with Crippen molar-refractivity contribution in [3.63, 3.8) is 0 Å². The van der Waals surface area contributed by atoms with Gasteiger partial charge in [0.25, 0.3) is 0 Å². The molecule has 0 bridgehead atoms. The summed E-state index contributed by atoms with van der Waals surface area (Å²) in [5.41, 5.74) is 5.16. The van der Waals surface area contributed by atoms with Gasteiger partial charge in [0.1, 0.15) is 12.1 Å². The van der Waals surface area contributed by atoms with Crippen molar-refractivity contribution in [2.45, 2.75) is 57.3 Å². The normalized spacial score (nSPS) is 19.9. The van der Waals surface area contributed by atoms with Crippen LogP contribution in [0.4, 0.5) is 0 Å². The molecule has 1 aliphatic rings. The highest BCUT2D eigenvalue weighted by Gasteiger charge is 2.30. The minimum atomic E-state index is -1.22. The zero-order chi connectivity index (χ0) is 23.6. The number of β-amino-alcohol motifs (C(OH)–C–C–N with tert-alkyl or cyclic N) is 1. The van der Waals surface area contributed by atoms with Gasteiger partial charge >= 0.3 is 5.97 Å². The third kappa shape index (κ3) is 9.61. The van der Waals surface area contributed by atoms with Crippen LogP contribution in [0.2, 0.25) is 0 Å². The number of aliphatic hydroxyl groups is 1. The number of carbonyl (C=O) groups is 4. The van der Waals surface area contributed by atoms with Crippen LogP contribution in [0.1, 0.15) is 33.1 Å². The highest BCUT2D eigenvalue weighted by molar-refractivity contribution is 5.92. The molecule has 1 fully saturated rings. The SMILES string of the molecule is CC(C)[C@H](NC(=O)CNC(=O)[C@@H]1C[C@@H](O)CN1)C(=O)N[C@@H](CCCNC(=N)N)C(=O)O. The smallest absolute Gasteiger partial charge is 0.326 e. The molecule has 0 aromatic rings. The highest BCUT2D eigenvalue weighted by atomic mass is 16.4. The van der Waals surface area contributed by atoms with E-state index in [1.54, 1.807) is 13.8 Å². The summed E-state index contributed by atoms with van der Waals surface area (Å²) < 4.78 is 0. The number of rotatable bonds is 12. The van der Waals surface area contributed by atoms with E-state index in [0.717, 1.165) is 0 Å². The van der Waals surface area contributed by atoms with Crippen molar-refractivity contribution in [3.05, 3.63) is 0 Å². The van der Waals surface area contributed by atoms with Crippen molar-refractivity contribution in [2.75, 3.05) is 19.6 Å². The second-order valence-corrected chi connectivity index (χ2v) is 7.74. The van der Waals surface area contributed by atoms with Crippen molar-refractivity contribution in [1.82, 2.24) is 26.6 Å². The van der Waals surface area contributed by atoms with E-state index in [-0.39, 0.29) is 37.8 Å². The van der Waals surface area contributed by atoms with E-state index in [1.165, 1.54) is 0 Å². The van der Waals surface area contributed by atoms with Crippen LogP contribution >= 0.6 is 0 Å². The van der Waals surface area contributed by atoms with Crippen molar-refractivity contribution in [3.8, 4) is 0 Å². The molecule has 0 aromatic carbocycles. The molecular weight excluding hydrogens is 410 g/mol. The third-order valence-electron chi connectivity index (χ3n) is 4.71. The number of nitrogens with one attached hydrogen (secondary N) is 6. The van der Waals surface area contributed by atoms with E-state index in [1.807, 2.05) is 0 Å². The van der Waals surface area contributed by atoms with Crippen LogP contribution in [-0.4, -0.2) is 83.7 Å². The van der Waals surface area contributed by atoms with Gasteiger partial charge < -0.3 is 42.5 Å². The van der Waals surface area contributed by atoms with Crippen molar-refractivity contribution >= 4 is 29.7 Å². The number of aliphatic hydroxyl groups excluding tert-OH is 1. The molecule has 0 unspecified atom stereocenters. The summed E-state index contributed by atoms with van der Waals surface area (Å²) in [5.74, 6) is -3.46. The molecule has 0 radical (unpaired) electrons. The van der Waals surface area contributed by atoms with E-state index in [4.69, 9.17) is 11.1 Å². The van der Waals surface area contributed by atoms with Crippen LogP contribution < -0.4 is 32.3 Å². The fourth-order valence-corrected chi connectivity index (χ4v) is 3.01. The Balaban J connectivity index is 2.54. The average molecular weight is 444 g/mol. The van der Waals surface area contributed by atoms with Gasteiger partial charge in [-0.2, -0.15) is 0 Å². The fraction of sp³-hybridized carbons (Fsp3) is 0.722. The molecule has 13 nitrogen and oxygen atoms in total. The standard InChI is InChI=1S/C18H33N7O6/c1-9(2)14(16(29)24-11(17(30)31)4-3-5-21-18(19)20)25-13(27)8-23-15(28)12-6-10(26)7-22-12/h9-12,14,22,26H,3-8H2,1-2H3,(H,23,28)(H,24,29)(H,25,27)(H,30,31)(H4,19,20,21)/t10-,11+,12+,14+/m1/s1. The molecule has 10 N–H and O–H groups in total. The topological polar surface area (TPSA) is 219 Å². The van der Waals surface area contributed by atoms with Crippen LogP contribution in [0.3, 0.4) is 0 Å². The van der Waals surface area contributed by atoms with E-state index in [9.17, 15) is 29.4 Å². The summed E-state index contributed by atoms with van der Waals surface area (Å²) in [6.45, 7) is 3.61. The first-order valence-corrected chi connectivity index (χ1v) is 10.1. The maximum absolute atomic E-state index is 12.6. The number of carbonyl (C=O) groups excluding carboxylic acids is 3. The second-order valence-electron chi connectivity index (χ2n) is 7.74. The van der Waals surface area contributed by atoms with Gasteiger partial charge in [0, 0.05) is 13.1 Å². The summed E-state index contributed by atoms with van der Waals surface area (Å²) in [4.78, 5) is 48.2. The molecule has 1 saturated heterocycles. The Bertz CT molecular complexity index is 672. The Kier molecular flexibility index (Phi) is 10.7. The lowest BCUT2D eigenvalue weighted by Gasteiger charge is -2.24. The number of hydrogen-bond donors (Lipinski definition) is 9. The summed E-state index contributed by atoms with van der Waals surface area (Å²) in [6.07, 6.45) is 0.101. The fourth-order valence-electron chi connectivity index (χ4n) is 3.01. The number of aliphatic carboxylic acids is 1. The molecule has 4 atom stereocenters. The van der Waals surface area contributed by atoms with Crippen molar-refractivity contribution in [2.24, 2.45) is 11.7 Å². The molecule has 31 heavy (non-hydrogen) atoms. The number of carboxylic acids is 1. The molecule has 0 saturated carbocycles. The third-order valence-corrected chi connectivity index (χ3v) is 4.71. The maximum Gasteiger partial charge on any atom is 0.326 e. The largest absolute Gasteiger partial charge is 0.480 e. The Morgan fingerprint density at radius 1 is 1.19 bits per heavy atom. The van der Waals surface area contributed by atoms with Crippen LogP contribution in [-0.2, 0) is 19.2 Å². The Morgan fingerprint density at radius 2 is 1.87 bits per heavy atom. The second kappa shape index (κ2) is 12.7. The Hall–Kier alpha value is -2.93. The van der Waals surface area contributed by atoms with Gasteiger partial charge in [0.2, 0.25) is 17.7 Å². The first kappa shape index (κ1) is 26.1. The molecule has 1 rings (SSSR count). The molecule has 13 heteroatoms. The van der Waals surface area contributed by atoms with Crippen molar-refractivity contribution < 1.29 is 29.4 Å². The minimum Gasteiger partial charge on any atom is -0.480 e. The zero-order valence-electron chi connectivity index (χ0n) is 17.7. The van der Waals surface area contributed by atoms with E-state index in [2.05, 4.69) is 26.6 Å². The molecule has 0 aliphatic carbocycles. The first-order chi connectivity index (χ1) is 14.5. The monoisotopic (exact) mass is 443 g/mol. The molecule has 0 aromatic heterocycles. The number of guanidine groups is 1. The van der Waals surface area contributed by atoms with Crippen LogP contribution in [0.25, 0.3) is 0 Å². The zero-order valence-corrected chi connectivity index (χ0v) is 17.7. The van der Waals surface area contributed by atoms with Crippen LogP contribution in [0, 0.1) is 11.3 Å². The number of amides is 3. The predicted molar refractivity (Wildman–Crippen MR) is 111 cm³/mol. The number of nitrogens with two attached hydrogens (primary N) is 1. The molecular formula is C18H33N7O6. The lowest BCUT2D eigenvalue weighted by Crippen LogP contribution is -2.55. The molecule has 3 amide bonds. The minimum absolute atomic E-state index is 0.108. The Labute approximate surface area is 180 Å². The van der Waals surface area contributed by atoms with Gasteiger partial charge in [-0.05, 0) is 25.2 Å². The van der Waals surface area contributed by atoms with Gasteiger partial charge in [-0.15, -0.1) is 0 Å². The molecule has 1 heterocycles. The molecule has 176 valence electrons. The van der Waals surface area contributed by atoms with Gasteiger partial charge in [0.05, 0.1) is 18.7 Å². The quantitative estimate of drug-likeness (QED) is 0.0841. The van der Waals surface area contributed by atoms with Gasteiger partial charge in [-0.1, -0.05) is 13.8 Å².